The number of carbonyl (C=O) groups is 1. The molecule has 2 aromatic rings. The fourth-order valence-corrected chi connectivity index (χ4v) is 2.47. The van der Waals surface area contributed by atoms with E-state index >= 15 is 0 Å². The van der Waals surface area contributed by atoms with E-state index in [-0.39, 0.29) is 16.0 Å². The molecule has 0 spiro atoms. The fourth-order valence-electron chi connectivity index (χ4n) is 1.56. The van der Waals surface area contributed by atoms with Crippen LogP contribution in [0.5, 0.6) is 0 Å². The van der Waals surface area contributed by atoms with Crippen LogP contribution in [-0.2, 0) is 0 Å². The van der Waals surface area contributed by atoms with Crippen molar-refractivity contribution in [1.29, 1.82) is 0 Å². The van der Waals surface area contributed by atoms with Crippen molar-refractivity contribution < 1.29 is 4.79 Å². The lowest BCUT2D eigenvalue weighted by atomic mass is 10.2. The molecule has 20 heavy (non-hydrogen) atoms. The number of halogens is 3. The summed E-state index contributed by atoms with van der Waals surface area (Å²) >= 11 is 17.9. The van der Waals surface area contributed by atoms with Gasteiger partial charge in [-0.1, -0.05) is 34.8 Å². The zero-order valence-corrected chi connectivity index (χ0v) is 12.6. The minimum Gasteiger partial charge on any atom is -0.373 e. The number of nitrogens with zero attached hydrogens (tertiary/aromatic N) is 1. The molecule has 1 heterocycles. The molecule has 0 unspecified atom stereocenters. The van der Waals surface area contributed by atoms with Crippen molar-refractivity contribution in [2.45, 2.75) is 0 Å². The van der Waals surface area contributed by atoms with Gasteiger partial charge in [0, 0.05) is 23.8 Å². The smallest absolute Gasteiger partial charge is 0.255 e. The standard InChI is InChI=1S/C13H10Cl3N3O/c1-17-11-4-7(2-3-18-11)13(20)19-12-9(15)5-8(14)6-10(12)16/h2-6H,1H3,(H,17,18)(H,19,20). The molecule has 1 aromatic carbocycles. The van der Waals surface area contributed by atoms with Gasteiger partial charge in [-0.15, -0.1) is 0 Å². The van der Waals surface area contributed by atoms with Crippen molar-refractivity contribution >= 4 is 52.2 Å². The monoisotopic (exact) mass is 329 g/mol. The lowest BCUT2D eigenvalue weighted by Gasteiger charge is -2.10. The maximum Gasteiger partial charge on any atom is 0.255 e. The molecule has 7 heteroatoms. The van der Waals surface area contributed by atoms with Crippen LogP contribution in [0.15, 0.2) is 30.5 Å². The Morgan fingerprint density at radius 3 is 2.40 bits per heavy atom. The maximum atomic E-state index is 12.2. The van der Waals surface area contributed by atoms with E-state index in [1.54, 1.807) is 19.2 Å². The maximum absolute atomic E-state index is 12.2. The van der Waals surface area contributed by atoms with Crippen LogP contribution in [0.1, 0.15) is 10.4 Å². The van der Waals surface area contributed by atoms with Gasteiger partial charge >= 0.3 is 0 Å². The molecule has 104 valence electrons. The van der Waals surface area contributed by atoms with Gasteiger partial charge in [-0.25, -0.2) is 4.98 Å². The van der Waals surface area contributed by atoms with E-state index in [0.29, 0.717) is 22.1 Å². The normalized spacial score (nSPS) is 10.2. The summed E-state index contributed by atoms with van der Waals surface area (Å²) in [5.74, 6) is 0.251. The van der Waals surface area contributed by atoms with Crippen molar-refractivity contribution in [3.05, 3.63) is 51.1 Å². The lowest BCUT2D eigenvalue weighted by molar-refractivity contribution is 0.102. The predicted molar refractivity (Wildman–Crippen MR) is 83.2 cm³/mol. The van der Waals surface area contributed by atoms with Gasteiger partial charge in [-0.2, -0.15) is 0 Å². The SMILES string of the molecule is CNc1cc(C(=O)Nc2c(Cl)cc(Cl)cc2Cl)ccn1. The zero-order chi connectivity index (χ0) is 14.7. The van der Waals surface area contributed by atoms with Crippen LogP contribution in [0.2, 0.25) is 15.1 Å². The Hall–Kier alpha value is -1.49. The summed E-state index contributed by atoms with van der Waals surface area (Å²) < 4.78 is 0. The van der Waals surface area contributed by atoms with Crippen LogP contribution in [0.4, 0.5) is 11.5 Å². The topological polar surface area (TPSA) is 54.0 Å². The second kappa shape index (κ2) is 6.31. The van der Waals surface area contributed by atoms with Crippen molar-refractivity contribution in [3.8, 4) is 0 Å². The molecule has 0 aliphatic carbocycles. The first-order valence-corrected chi connectivity index (χ1v) is 6.74. The number of nitrogens with one attached hydrogen (secondary N) is 2. The van der Waals surface area contributed by atoms with Crippen LogP contribution in [0.3, 0.4) is 0 Å². The summed E-state index contributed by atoms with van der Waals surface area (Å²) in [4.78, 5) is 16.2. The highest BCUT2D eigenvalue weighted by Gasteiger charge is 2.13. The van der Waals surface area contributed by atoms with Gasteiger partial charge in [0.25, 0.3) is 5.91 Å². The first-order valence-electron chi connectivity index (χ1n) is 5.61. The molecule has 2 rings (SSSR count). The summed E-state index contributed by atoms with van der Waals surface area (Å²) in [7, 11) is 1.72. The third-order valence-corrected chi connectivity index (χ3v) is 3.34. The molecule has 0 radical (unpaired) electrons. The number of hydrogen-bond donors (Lipinski definition) is 2. The number of anilines is 2. The number of amides is 1. The van der Waals surface area contributed by atoms with Crippen LogP contribution in [0, 0.1) is 0 Å². The predicted octanol–water partition coefficient (Wildman–Crippen LogP) is 4.34. The van der Waals surface area contributed by atoms with E-state index in [2.05, 4.69) is 15.6 Å². The average Bonchev–Trinajstić information content (AvgIpc) is 2.42. The Morgan fingerprint density at radius 2 is 1.80 bits per heavy atom. The van der Waals surface area contributed by atoms with Gasteiger partial charge < -0.3 is 10.6 Å². The number of rotatable bonds is 3. The van der Waals surface area contributed by atoms with Gasteiger partial charge in [-0.3, -0.25) is 4.79 Å². The van der Waals surface area contributed by atoms with Crippen LogP contribution in [-0.4, -0.2) is 17.9 Å². The zero-order valence-electron chi connectivity index (χ0n) is 10.4. The van der Waals surface area contributed by atoms with Crippen LogP contribution in [0.25, 0.3) is 0 Å². The van der Waals surface area contributed by atoms with Crippen LogP contribution < -0.4 is 10.6 Å². The van der Waals surface area contributed by atoms with Gasteiger partial charge in [0.2, 0.25) is 0 Å². The first-order chi connectivity index (χ1) is 9.51. The van der Waals surface area contributed by atoms with Gasteiger partial charge in [0.1, 0.15) is 5.82 Å². The Morgan fingerprint density at radius 1 is 1.15 bits per heavy atom. The third kappa shape index (κ3) is 3.33. The number of benzene rings is 1. The number of pyridine rings is 1. The highest BCUT2D eigenvalue weighted by atomic mass is 35.5. The second-order valence-corrected chi connectivity index (χ2v) is 5.13. The van der Waals surface area contributed by atoms with E-state index in [4.69, 9.17) is 34.8 Å². The Labute approximate surface area is 131 Å². The summed E-state index contributed by atoms with van der Waals surface area (Å²) in [6.07, 6.45) is 1.53. The molecule has 0 bridgehead atoms. The molecule has 0 saturated carbocycles. The van der Waals surface area contributed by atoms with Crippen molar-refractivity contribution in [2.24, 2.45) is 0 Å². The number of aromatic nitrogens is 1. The number of carbonyl (C=O) groups excluding carboxylic acids is 1. The average molecular weight is 331 g/mol. The summed E-state index contributed by atoms with van der Waals surface area (Å²) in [6.45, 7) is 0. The molecule has 0 atom stereocenters. The highest BCUT2D eigenvalue weighted by molar-refractivity contribution is 6.42. The minimum atomic E-state index is -0.338. The Bertz CT molecular complexity index is 638. The molecule has 0 saturated heterocycles. The summed E-state index contributed by atoms with van der Waals surface area (Å²) in [5, 5.41) is 6.47. The minimum absolute atomic E-state index is 0.277. The first kappa shape index (κ1) is 14.9. The van der Waals surface area contributed by atoms with Crippen molar-refractivity contribution in [3.63, 3.8) is 0 Å². The van der Waals surface area contributed by atoms with E-state index in [1.165, 1.54) is 18.3 Å². The Balaban J connectivity index is 2.28. The quantitative estimate of drug-likeness (QED) is 0.880. The van der Waals surface area contributed by atoms with E-state index in [0.717, 1.165) is 0 Å². The fraction of sp³-hybridized carbons (Fsp3) is 0.0769. The lowest BCUT2D eigenvalue weighted by Crippen LogP contribution is -2.13. The molecular formula is C13H10Cl3N3O. The van der Waals surface area contributed by atoms with E-state index in [9.17, 15) is 4.79 Å². The largest absolute Gasteiger partial charge is 0.373 e. The van der Waals surface area contributed by atoms with Gasteiger partial charge in [0.05, 0.1) is 15.7 Å². The molecule has 2 N–H and O–H groups in total. The van der Waals surface area contributed by atoms with E-state index in [1.807, 2.05) is 0 Å². The molecule has 1 amide bonds. The highest BCUT2D eigenvalue weighted by Crippen LogP contribution is 2.33. The van der Waals surface area contributed by atoms with Gasteiger partial charge in [0.15, 0.2) is 0 Å². The molecule has 4 nitrogen and oxygen atoms in total. The molecule has 1 aromatic heterocycles. The van der Waals surface area contributed by atoms with Gasteiger partial charge in [-0.05, 0) is 24.3 Å². The molecular weight excluding hydrogens is 321 g/mol. The number of hydrogen-bond acceptors (Lipinski definition) is 3. The molecule has 0 aliphatic heterocycles. The van der Waals surface area contributed by atoms with Crippen molar-refractivity contribution in [2.75, 3.05) is 17.7 Å². The summed E-state index contributed by atoms with van der Waals surface area (Å²) in [5.41, 5.74) is 0.761. The van der Waals surface area contributed by atoms with E-state index < -0.39 is 0 Å². The summed E-state index contributed by atoms with van der Waals surface area (Å²) in [6, 6.07) is 6.23. The van der Waals surface area contributed by atoms with Crippen LogP contribution >= 0.6 is 34.8 Å². The third-order valence-electron chi connectivity index (χ3n) is 2.52. The second-order valence-electron chi connectivity index (χ2n) is 3.88. The molecule has 0 fully saturated rings. The molecule has 0 aliphatic rings. The Kier molecular flexibility index (Phi) is 4.70. The van der Waals surface area contributed by atoms with Crippen molar-refractivity contribution in [1.82, 2.24) is 4.98 Å².